The molecule has 2 rings (SSSR count). The summed E-state index contributed by atoms with van der Waals surface area (Å²) in [5.41, 5.74) is 3.20. The maximum absolute atomic E-state index is 13.1. The summed E-state index contributed by atoms with van der Waals surface area (Å²) in [6.45, 7) is 8.16. The van der Waals surface area contributed by atoms with Gasteiger partial charge in [-0.05, 0) is 81.0 Å². The number of carbonyl (C=O) groups excluding carboxylic acids is 1. The van der Waals surface area contributed by atoms with Gasteiger partial charge in [-0.15, -0.1) is 0 Å². The lowest BCUT2D eigenvalue weighted by Crippen LogP contribution is -2.42. The van der Waals surface area contributed by atoms with E-state index >= 15 is 0 Å². The molecule has 1 amide bonds. The van der Waals surface area contributed by atoms with Gasteiger partial charge in [0.05, 0.1) is 23.0 Å². The van der Waals surface area contributed by atoms with E-state index in [-0.39, 0.29) is 5.69 Å². The smallest absolute Gasteiger partial charge is 0.333 e. The van der Waals surface area contributed by atoms with Gasteiger partial charge in [0.25, 0.3) is 5.91 Å². The monoisotopic (exact) mass is 527 g/mol. The van der Waals surface area contributed by atoms with E-state index in [1.165, 1.54) is 12.4 Å². The van der Waals surface area contributed by atoms with E-state index in [1.807, 2.05) is 52.0 Å². The van der Waals surface area contributed by atoms with Gasteiger partial charge in [0.1, 0.15) is 11.2 Å². The molecule has 0 atom stereocenters. The Morgan fingerprint density at radius 1 is 1.30 bits per heavy atom. The Bertz CT molecular complexity index is 1300. The minimum Gasteiger partial charge on any atom is -0.333 e. The van der Waals surface area contributed by atoms with Crippen LogP contribution in [-0.2, 0) is 0 Å². The van der Waals surface area contributed by atoms with E-state index in [0.717, 1.165) is 12.0 Å². The number of alkyl halides is 2. The molecule has 37 heavy (non-hydrogen) atoms. The molecule has 0 spiro atoms. The van der Waals surface area contributed by atoms with Crippen LogP contribution in [0.2, 0.25) is 0 Å². The van der Waals surface area contributed by atoms with Crippen molar-refractivity contribution in [2.75, 3.05) is 0 Å². The third-order valence-electron chi connectivity index (χ3n) is 5.53. The highest BCUT2D eigenvalue weighted by atomic mass is 35.5. The van der Waals surface area contributed by atoms with Crippen LogP contribution in [0.25, 0.3) is 11.1 Å². The van der Waals surface area contributed by atoms with Crippen LogP contribution in [0.15, 0.2) is 65.0 Å². The summed E-state index contributed by atoms with van der Waals surface area (Å²) in [7, 11) is 0. The molecule has 2 heterocycles. The van der Waals surface area contributed by atoms with Crippen molar-refractivity contribution in [3.05, 3.63) is 82.0 Å². The minimum atomic E-state index is -2.74. The molecule has 0 saturated carbocycles. The second-order valence-electron chi connectivity index (χ2n) is 8.83. The fourth-order valence-corrected chi connectivity index (χ4v) is 4.02. The van der Waals surface area contributed by atoms with Crippen molar-refractivity contribution in [1.82, 2.24) is 20.1 Å². The summed E-state index contributed by atoms with van der Waals surface area (Å²) >= 11 is 6.93. The van der Waals surface area contributed by atoms with Crippen molar-refractivity contribution in [2.24, 2.45) is 0 Å². The predicted octanol–water partition coefficient (Wildman–Crippen LogP) is 7.45. The van der Waals surface area contributed by atoms with E-state index in [0.29, 0.717) is 44.1 Å². The van der Waals surface area contributed by atoms with Crippen molar-refractivity contribution >= 4 is 28.7 Å². The summed E-state index contributed by atoms with van der Waals surface area (Å²) in [6, 6.07) is 7.11. The van der Waals surface area contributed by atoms with E-state index in [2.05, 4.69) is 15.4 Å². The Kier molecular flexibility index (Phi) is 10.5. The third-order valence-corrected chi connectivity index (χ3v) is 5.97. The maximum Gasteiger partial charge on any atom is 0.333 e. The first kappa shape index (κ1) is 29.7. The minimum absolute atomic E-state index is 0.172. The van der Waals surface area contributed by atoms with Crippen LogP contribution in [0.3, 0.4) is 0 Å². The molecule has 0 radical (unpaired) electrons. The lowest BCUT2D eigenvalue weighted by atomic mass is 9.96. The van der Waals surface area contributed by atoms with Gasteiger partial charge >= 0.3 is 6.55 Å². The van der Waals surface area contributed by atoms with Crippen molar-refractivity contribution in [1.29, 1.82) is 5.26 Å². The number of aromatic nitrogens is 3. The molecule has 0 unspecified atom stereocenters. The number of halogens is 3. The van der Waals surface area contributed by atoms with Gasteiger partial charge in [-0.3, -0.25) is 4.79 Å². The number of amides is 1. The fourth-order valence-electron chi connectivity index (χ4n) is 3.57. The van der Waals surface area contributed by atoms with Crippen molar-refractivity contribution in [3.8, 4) is 6.07 Å². The second kappa shape index (κ2) is 13.1. The quantitative estimate of drug-likeness (QED) is 0.325. The molecule has 1 N–H and O–H groups in total. The van der Waals surface area contributed by atoms with Crippen molar-refractivity contribution in [3.63, 3.8) is 0 Å². The molecule has 196 valence electrons. The van der Waals surface area contributed by atoms with E-state index < -0.39 is 18.0 Å². The lowest BCUT2D eigenvalue weighted by molar-refractivity contribution is 0.0566. The lowest BCUT2D eigenvalue weighted by Gasteiger charge is -2.17. The van der Waals surface area contributed by atoms with Gasteiger partial charge in [0.15, 0.2) is 0 Å². The number of rotatable bonds is 10. The summed E-state index contributed by atoms with van der Waals surface area (Å²) in [4.78, 5) is 17.2. The van der Waals surface area contributed by atoms with Crippen LogP contribution in [-0.4, -0.2) is 26.2 Å². The molecule has 2 aromatic rings. The SMILES string of the molecule is C\C=C(/C=C(C(/Cl)=C(\CC)c1cnn(C(F)F)c1)\C(C)=C\CC)c1cccc(C(=O)NC(C)(C)C#N)n1. The van der Waals surface area contributed by atoms with E-state index in [9.17, 15) is 18.8 Å². The molecule has 0 bridgehead atoms. The molecule has 0 fully saturated rings. The van der Waals surface area contributed by atoms with Crippen LogP contribution in [0.5, 0.6) is 0 Å². The van der Waals surface area contributed by atoms with E-state index in [1.54, 1.807) is 32.0 Å². The molecule has 0 aromatic carbocycles. The fraction of sp³-hybridized carbons (Fsp3) is 0.357. The van der Waals surface area contributed by atoms with Crippen LogP contribution in [0, 0.1) is 11.3 Å². The zero-order valence-electron chi connectivity index (χ0n) is 21.9. The average molecular weight is 528 g/mol. The standard InChI is InChI=1S/C28H32ClF2N5O/c1-7-11-18(4)22(25(29)21(9-3)20-15-33-36(16-20)27(30)31)14-19(8-2)23-12-10-13-24(34-23)26(37)35-28(5,6)17-32/h8,10-16,27H,7,9H2,1-6H3,(H,35,37)/b18-11+,19-8+,22-14+,25-21-. The molecule has 9 heteroatoms. The van der Waals surface area contributed by atoms with Gasteiger partial charge in [0.2, 0.25) is 0 Å². The Morgan fingerprint density at radius 3 is 2.51 bits per heavy atom. The first-order valence-electron chi connectivity index (χ1n) is 12.0. The molecule has 2 aromatic heterocycles. The number of allylic oxidation sites excluding steroid dienone is 8. The normalized spacial score (nSPS) is 13.9. The third kappa shape index (κ3) is 7.70. The summed E-state index contributed by atoms with van der Waals surface area (Å²) in [6.07, 6.45) is 9.69. The molecular formula is C28H32ClF2N5O. The van der Waals surface area contributed by atoms with Gasteiger partial charge in [-0.25, -0.2) is 9.67 Å². The summed E-state index contributed by atoms with van der Waals surface area (Å²) in [5, 5.41) is 16.1. The highest BCUT2D eigenvalue weighted by Gasteiger charge is 2.22. The van der Waals surface area contributed by atoms with Crippen LogP contribution in [0.4, 0.5) is 8.78 Å². The number of nitrogens with zero attached hydrogens (tertiary/aromatic N) is 4. The molecule has 6 nitrogen and oxygen atoms in total. The number of hydrogen-bond acceptors (Lipinski definition) is 4. The van der Waals surface area contributed by atoms with Gasteiger partial charge in [0, 0.05) is 11.8 Å². The zero-order chi connectivity index (χ0) is 27.8. The second-order valence-corrected chi connectivity index (χ2v) is 9.21. The first-order chi connectivity index (χ1) is 17.5. The number of nitrogens with one attached hydrogen (secondary N) is 1. The molecule has 0 aliphatic carbocycles. The van der Waals surface area contributed by atoms with Gasteiger partial charge in [-0.1, -0.05) is 43.7 Å². The summed E-state index contributed by atoms with van der Waals surface area (Å²) < 4.78 is 26.8. The molecule has 0 saturated heterocycles. The van der Waals surface area contributed by atoms with Crippen LogP contribution < -0.4 is 5.32 Å². The van der Waals surface area contributed by atoms with Crippen LogP contribution in [0.1, 0.15) is 82.7 Å². The first-order valence-corrected chi connectivity index (χ1v) is 12.3. The molecule has 0 aliphatic heterocycles. The van der Waals surface area contributed by atoms with Gasteiger partial charge < -0.3 is 5.32 Å². The largest absolute Gasteiger partial charge is 0.333 e. The molecular weight excluding hydrogens is 496 g/mol. The topological polar surface area (TPSA) is 83.6 Å². The Labute approximate surface area is 222 Å². The average Bonchev–Trinajstić information content (AvgIpc) is 3.35. The number of nitriles is 1. The Balaban J connectivity index is 2.61. The zero-order valence-corrected chi connectivity index (χ0v) is 22.7. The number of carbonyl (C=O) groups is 1. The maximum atomic E-state index is 13.1. The number of pyridine rings is 1. The van der Waals surface area contributed by atoms with E-state index in [4.69, 9.17) is 11.6 Å². The number of hydrogen-bond donors (Lipinski definition) is 1. The molecule has 0 aliphatic rings. The Hall–Kier alpha value is -3.57. The Morgan fingerprint density at radius 2 is 1.97 bits per heavy atom. The summed E-state index contributed by atoms with van der Waals surface area (Å²) in [5.74, 6) is -0.461. The van der Waals surface area contributed by atoms with Crippen LogP contribution >= 0.6 is 11.6 Å². The van der Waals surface area contributed by atoms with Gasteiger partial charge in [-0.2, -0.15) is 19.1 Å². The predicted molar refractivity (Wildman–Crippen MR) is 144 cm³/mol. The highest BCUT2D eigenvalue weighted by molar-refractivity contribution is 6.35. The highest BCUT2D eigenvalue weighted by Crippen LogP contribution is 2.35. The van der Waals surface area contributed by atoms with Crippen molar-refractivity contribution < 1.29 is 13.6 Å². The van der Waals surface area contributed by atoms with Crippen molar-refractivity contribution in [2.45, 2.75) is 66.5 Å².